The summed E-state index contributed by atoms with van der Waals surface area (Å²) in [7, 11) is 0. The molecule has 0 unspecified atom stereocenters. The lowest BCUT2D eigenvalue weighted by atomic mass is 9.96. The van der Waals surface area contributed by atoms with Gasteiger partial charge in [-0.2, -0.15) is 11.8 Å². The summed E-state index contributed by atoms with van der Waals surface area (Å²) >= 11 is 1.66. The molecule has 0 saturated carbocycles. The van der Waals surface area contributed by atoms with Crippen LogP contribution < -0.4 is 21.3 Å². The van der Waals surface area contributed by atoms with Crippen molar-refractivity contribution in [1.82, 2.24) is 21.3 Å². The summed E-state index contributed by atoms with van der Waals surface area (Å²) in [5.41, 5.74) is 0. The fourth-order valence-corrected chi connectivity index (χ4v) is 3.88. The highest BCUT2D eigenvalue weighted by Crippen LogP contribution is 2.20. The Kier molecular flexibility index (Phi) is 5.86. The molecule has 0 bridgehead atoms. The molecule has 0 aromatic heterocycles. The largest absolute Gasteiger partial charge is 0.335 e. The van der Waals surface area contributed by atoms with E-state index in [1.54, 1.807) is 11.8 Å². The van der Waals surface area contributed by atoms with Gasteiger partial charge < -0.3 is 10.6 Å². The first-order valence-corrected chi connectivity index (χ1v) is 8.84. The summed E-state index contributed by atoms with van der Waals surface area (Å²) in [6.45, 7) is 3.64. The van der Waals surface area contributed by atoms with Crippen molar-refractivity contribution in [3.05, 3.63) is 0 Å². The van der Waals surface area contributed by atoms with Crippen LogP contribution in [0, 0.1) is 11.8 Å². The summed E-state index contributed by atoms with van der Waals surface area (Å²) in [6, 6.07) is -1.22. The molecular weight excluding hydrogens is 320 g/mol. The third kappa shape index (κ3) is 4.60. The molecular formula is C14H22N4O4S. The van der Waals surface area contributed by atoms with Crippen LogP contribution in [-0.2, 0) is 9.59 Å². The average molecular weight is 342 g/mol. The molecule has 2 fully saturated rings. The van der Waals surface area contributed by atoms with E-state index in [9.17, 15) is 19.2 Å². The van der Waals surface area contributed by atoms with Crippen LogP contribution in [0.1, 0.15) is 26.7 Å². The minimum Gasteiger partial charge on any atom is -0.335 e. The second-order valence-corrected chi connectivity index (χ2v) is 7.13. The smallest absolute Gasteiger partial charge is 0.321 e. The van der Waals surface area contributed by atoms with Gasteiger partial charge in [-0.15, -0.1) is 0 Å². The zero-order valence-corrected chi connectivity index (χ0v) is 14.0. The Morgan fingerprint density at radius 2 is 1.17 bits per heavy atom. The Bertz CT molecular complexity index is 469. The number of imide groups is 2. The maximum absolute atomic E-state index is 11.8. The Balaban J connectivity index is 1.68. The van der Waals surface area contributed by atoms with Gasteiger partial charge in [0.1, 0.15) is 0 Å². The number of amides is 6. The van der Waals surface area contributed by atoms with Crippen LogP contribution in [0.3, 0.4) is 0 Å². The fourth-order valence-electron chi connectivity index (χ4n) is 2.84. The Morgan fingerprint density at radius 1 is 0.783 bits per heavy atom. The Hall–Kier alpha value is -1.77. The van der Waals surface area contributed by atoms with Gasteiger partial charge >= 0.3 is 12.1 Å². The summed E-state index contributed by atoms with van der Waals surface area (Å²) in [5, 5.41) is 9.94. The highest BCUT2D eigenvalue weighted by atomic mass is 32.2. The molecule has 2 aliphatic rings. The van der Waals surface area contributed by atoms with Gasteiger partial charge in [-0.05, 0) is 38.2 Å². The van der Waals surface area contributed by atoms with Crippen molar-refractivity contribution in [2.45, 2.75) is 38.8 Å². The lowest BCUT2D eigenvalue weighted by molar-refractivity contribution is -0.126. The van der Waals surface area contributed by atoms with Crippen molar-refractivity contribution < 1.29 is 19.2 Å². The Labute approximate surface area is 138 Å². The van der Waals surface area contributed by atoms with Gasteiger partial charge in [0, 0.05) is 12.1 Å². The van der Waals surface area contributed by atoms with Crippen molar-refractivity contribution in [2.75, 3.05) is 11.5 Å². The normalized spacial score (nSPS) is 31.0. The maximum atomic E-state index is 11.8. The molecule has 2 rings (SSSR count). The molecule has 0 spiro atoms. The fraction of sp³-hybridized carbons (Fsp3) is 0.714. The lowest BCUT2D eigenvalue weighted by Crippen LogP contribution is -2.57. The number of urea groups is 2. The molecule has 2 heterocycles. The molecule has 0 radical (unpaired) electrons. The van der Waals surface area contributed by atoms with E-state index >= 15 is 0 Å². The summed E-state index contributed by atoms with van der Waals surface area (Å²) in [6.07, 6.45) is 1.34. The van der Waals surface area contributed by atoms with Crippen LogP contribution in [0.4, 0.5) is 9.59 Å². The van der Waals surface area contributed by atoms with Gasteiger partial charge in [-0.1, -0.05) is 0 Å². The second-order valence-electron chi connectivity index (χ2n) is 5.91. The molecule has 2 aliphatic heterocycles. The van der Waals surface area contributed by atoms with Crippen LogP contribution in [0.15, 0.2) is 0 Å². The van der Waals surface area contributed by atoms with Crippen LogP contribution >= 0.6 is 11.8 Å². The topological polar surface area (TPSA) is 116 Å². The third-order valence-corrected chi connectivity index (χ3v) is 5.27. The molecule has 9 heteroatoms. The van der Waals surface area contributed by atoms with E-state index < -0.39 is 12.1 Å². The zero-order chi connectivity index (χ0) is 17.0. The van der Waals surface area contributed by atoms with Gasteiger partial charge in [0.25, 0.3) is 0 Å². The molecule has 8 nitrogen and oxygen atoms in total. The number of hydrogen-bond acceptors (Lipinski definition) is 5. The van der Waals surface area contributed by atoms with E-state index in [0.717, 1.165) is 11.5 Å². The number of rotatable bonds is 6. The van der Waals surface area contributed by atoms with Crippen molar-refractivity contribution in [2.24, 2.45) is 11.8 Å². The quantitative estimate of drug-likeness (QED) is 0.514. The minimum atomic E-state index is -0.439. The highest BCUT2D eigenvalue weighted by Gasteiger charge is 2.33. The maximum Gasteiger partial charge on any atom is 0.321 e. The van der Waals surface area contributed by atoms with E-state index in [-0.39, 0.29) is 35.7 Å². The van der Waals surface area contributed by atoms with Crippen molar-refractivity contribution in [3.8, 4) is 0 Å². The number of hydrogen-bond donors (Lipinski definition) is 4. The number of thioether (sulfide) groups is 1. The molecule has 0 aromatic carbocycles. The summed E-state index contributed by atoms with van der Waals surface area (Å²) < 4.78 is 0. The molecule has 23 heavy (non-hydrogen) atoms. The van der Waals surface area contributed by atoms with Crippen LogP contribution in [-0.4, -0.2) is 47.5 Å². The zero-order valence-electron chi connectivity index (χ0n) is 13.2. The second kappa shape index (κ2) is 7.67. The molecule has 4 atom stereocenters. The first kappa shape index (κ1) is 17.6. The number of carbonyl (C=O) groups is 4. The summed E-state index contributed by atoms with van der Waals surface area (Å²) in [4.78, 5) is 45.8. The first-order valence-electron chi connectivity index (χ1n) is 7.69. The van der Waals surface area contributed by atoms with Crippen LogP contribution in [0.25, 0.3) is 0 Å². The van der Waals surface area contributed by atoms with E-state index in [0.29, 0.717) is 12.8 Å². The third-order valence-electron chi connectivity index (χ3n) is 4.22. The van der Waals surface area contributed by atoms with Crippen LogP contribution in [0.2, 0.25) is 0 Å². The molecule has 4 N–H and O–H groups in total. The van der Waals surface area contributed by atoms with E-state index in [1.165, 1.54) is 0 Å². The molecule has 2 saturated heterocycles. The number of carbonyl (C=O) groups excluding carboxylic acids is 4. The minimum absolute atomic E-state index is 0.170. The first-order chi connectivity index (χ1) is 10.9. The molecule has 128 valence electrons. The highest BCUT2D eigenvalue weighted by molar-refractivity contribution is 7.99. The SMILES string of the molecule is C[C@@H]1NC(=O)NC(=O)[C@@H]1CCSCC[C@H]1C(=O)NC(=O)N[C@@H]1C. The van der Waals surface area contributed by atoms with Gasteiger partial charge in [0.2, 0.25) is 11.8 Å². The van der Waals surface area contributed by atoms with Gasteiger partial charge in [-0.25, -0.2) is 9.59 Å². The van der Waals surface area contributed by atoms with Gasteiger partial charge in [-0.3, -0.25) is 20.2 Å². The van der Waals surface area contributed by atoms with Gasteiger partial charge in [0.15, 0.2) is 0 Å². The van der Waals surface area contributed by atoms with E-state index in [1.807, 2.05) is 13.8 Å². The summed E-state index contributed by atoms with van der Waals surface area (Å²) in [5.74, 6) is 0.628. The van der Waals surface area contributed by atoms with Crippen molar-refractivity contribution in [3.63, 3.8) is 0 Å². The number of nitrogens with one attached hydrogen (secondary N) is 4. The average Bonchev–Trinajstić information content (AvgIpc) is 2.42. The van der Waals surface area contributed by atoms with E-state index in [2.05, 4.69) is 21.3 Å². The standard InChI is InChI=1S/C14H22N4O4S/c1-7-9(11(19)17-13(21)15-7)3-5-23-6-4-10-8(2)16-14(22)18-12(10)20/h7-10H,3-6H2,1-2H3,(H2,15,17,19,21)(H2,16,18,20,22)/t7-,8+,9-,10-/m1/s1. The van der Waals surface area contributed by atoms with Gasteiger partial charge in [0.05, 0.1) is 11.8 Å². The Morgan fingerprint density at radius 3 is 1.52 bits per heavy atom. The monoisotopic (exact) mass is 342 g/mol. The van der Waals surface area contributed by atoms with Crippen LogP contribution in [0.5, 0.6) is 0 Å². The molecule has 0 aromatic rings. The molecule has 0 aliphatic carbocycles. The van der Waals surface area contributed by atoms with E-state index in [4.69, 9.17) is 0 Å². The lowest BCUT2D eigenvalue weighted by Gasteiger charge is -2.29. The molecule has 6 amide bonds. The predicted octanol–water partition coefficient (Wildman–Crippen LogP) is 0.188. The van der Waals surface area contributed by atoms with Crippen molar-refractivity contribution >= 4 is 35.6 Å². The van der Waals surface area contributed by atoms with Crippen molar-refractivity contribution in [1.29, 1.82) is 0 Å². The predicted molar refractivity (Wildman–Crippen MR) is 85.8 cm³/mol.